The van der Waals surface area contributed by atoms with E-state index in [2.05, 4.69) is 24.4 Å². The second-order valence-corrected chi connectivity index (χ2v) is 4.74. The Hall–Kier alpha value is -1.09. The molecule has 1 aromatic heterocycles. The van der Waals surface area contributed by atoms with Crippen molar-refractivity contribution in [1.29, 1.82) is 0 Å². The second kappa shape index (κ2) is 6.01. The van der Waals surface area contributed by atoms with Crippen molar-refractivity contribution in [1.82, 2.24) is 4.98 Å². The fourth-order valence-corrected chi connectivity index (χ4v) is 2.46. The predicted octanol–water partition coefficient (Wildman–Crippen LogP) is 2.80. The zero-order valence-corrected chi connectivity index (χ0v) is 10.8. The Morgan fingerprint density at radius 3 is 3.06 bits per heavy atom. The summed E-state index contributed by atoms with van der Waals surface area (Å²) in [5, 5.41) is 3.47. The first-order chi connectivity index (χ1) is 8.33. The average Bonchev–Trinajstić information content (AvgIpc) is 2.77. The van der Waals surface area contributed by atoms with E-state index >= 15 is 0 Å². The molecule has 0 saturated carbocycles. The van der Waals surface area contributed by atoms with Gasteiger partial charge in [-0.3, -0.25) is 0 Å². The van der Waals surface area contributed by atoms with Crippen molar-refractivity contribution >= 4 is 5.82 Å². The number of pyridine rings is 1. The van der Waals surface area contributed by atoms with E-state index in [4.69, 9.17) is 9.72 Å². The van der Waals surface area contributed by atoms with E-state index in [1.54, 1.807) is 7.11 Å². The highest BCUT2D eigenvalue weighted by atomic mass is 16.5. The molecule has 3 heteroatoms. The summed E-state index contributed by atoms with van der Waals surface area (Å²) in [5.74, 6) is 1.00. The summed E-state index contributed by atoms with van der Waals surface area (Å²) in [5.41, 5.74) is 2.71. The van der Waals surface area contributed by atoms with Crippen molar-refractivity contribution in [2.45, 2.75) is 45.1 Å². The molecule has 94 valence electrons. The molecule has 1 unspecified atom stereocenters. The molecule has 0 aromatic carbocycles. The largest absolute Gasteiger partial charge is 0.383 e. The number of fused-ring (bicyclic) bond motifs is 1. The number of hydrogen-bond donors (Lipinski definition) is 1. The molecule has 17 heavy (non-hydrogen) atoms. The van der Waals surface area contributed by atoms with Gasteiger partial charge in [-0.05, 0) is 37.3 Å². The Kier molecular flexibility index (Phi) is 4.37. The lowest BCUT2D eigenvalue weighted by molar-refractivity contribution is 0.182. The first-order valence-electron chi connectivity index (χ1n) is 6.57. The maximum atomic E-state index is 5.23. The number of anilines is 1. The van der Waals surface area contributed by atoms with Crippen LogP contribution in [0.5, 0.6) is 0 Å². The lowest BCUT2D eigenvalue weighted by atomic mass is 10.1. The van der Waals surface area contributed by atoms with Crippen LogP contribution < -0.4 is 5.32 Å². The third kappa shape index (κ3) is 3.19. The third-order valence-electron chi connectivity index (χ3n) is 3.29. The van der Waals surface area contributed by atoms with Crippen molar-refractivity contribution in [2.24, 2.45) is 0 Å². The fraction of sp³-hybridized carbons (Fsp3) is 0.643. The van der Waals surface area contributed by atoms with Gasteiger partial charge < -0.3 is 10.1 Å². The van der Waals surface area contributed by atoms with Gasteiger partial charge in [-0.25, -0.2) is 4.98 Å². The number of ether oxygens (including phenoxy) is 1. The van der Waals surface area contributed by atoms with Crippen LogP contribution in [0.1, 0.15) is 37.4 Å². The molecule has 0 radical (unpaired) electrons. The van der Waals surface area contributed by atoms with E-state index in [1.807, 2.05) is 0 Å². The number of rotatable bonds is 6. The van der Waals surface area contributed by atoms with E-state index in [1.165, 1.54) is 24.1 Å². The van der Waals surface area contributed by atoms with Crippen molar-refractivity contribution in [2.75, 3.05) is 19.0 Å². The van der Waals surface area contributed by atoms with Gasteiger partial charge in [0.05, 0.1) is 12.6 Å². The number of hydrogen-bond acceptors (Lipinski definition) is 3. The minimum absolute atomic E-state index is 0.372. The van der Waals surface area contributed by atoms with Gasteiger partial charge in [0, 0.05) is 12.8 Å². The average molecular weight is 234 g/mol. The van der Waals surface area contributed by atoms with E-state index in [0.717, 1.165) is 31.7 Å². The van der Waals surface area contributed by atoms with Crippen molar-refractivity contribution in [3.8, 4) is 0 Å². The van der Waals surface area contributed by atoms with Crippen molar-refractivity contribution in [3.63, 3.8) is 0 Å². The van der Waals surface area contributed by atoms with Gasteiger partial charge in [-0.2, -0.15) is 0 Å². The quantitative estimate of drug-likeness (QED) is 0.822. The van der Waals surface area contributed by atoms with Gasteiger partial charge in [0.2, 0.25) is 0 Å². The summed E-state index contributed by atoms with van der Waals surface area (Å²) in [7, 11) is 1.75. The predicted molar refractivity (Wildman–Crippen MR) is 70.5 cm³/mol. The highest BCUT2D eigenvalue weighted by Crippen LogP contribution is 2.22. The number of aryl methyl sites for hydroxylation is 2. The number of aromatic nitrogens is 1. The third-order valence-corrected chi connectivity index (χ3v) is 3.29. The summed E-state index contributed by atoms with van der Waals surface area (Å²) in [6.07, 6.45) is 5.85. The van der Waals surface area contributed by atoms with Crippen LogP contribution in [0.4, 0.5) is 5.82 Å². The van der Waals surface area contributed by atoms with Gasteiger partial charge in [0.15, 0.2) is 0 Å². The summed E-state index contributed by atoms with van der Waals surface area (Å²) in [6, 6.07) is 4.69. The zero-order chi connectivity index (χ0) is 12.1. The van der Waals surface area contributed by atoms with Gasteiger partial charge in [0.25, 0.3) is 0 Å². The Labute approximate surface area is 104 Å². The normalized spacial score (nSPS) is 15.6. The van der Waals surface area contributed by atoms with Gasteiger partial charge in [-0.15, -0.1) is 0 Å². The molecule has 0 aliphatic heterocycles. The molecule has 0 bridgehead atoms. The Bertz CT molecular complexity index is 359. The van der Waals surface area contributed by atoms with Crippen LogP contribution in [-0.4, -0.2) is 24.7 Å². The monoisotopic (exact) mass is 234 g/mol. The van der Waals surface area contributed by atoms with E-state index in [0.29, 0.717) is 6.04 Å². The molecule has 1 aliphatic rings. The molecule has 1 N–H and O–H groups in total. The van der Waals surface area contributed by atoms with Crippen LogP contribution in [0.15, 0.2) is 12.1 Å². The van der Waals surface area contributed by atoms with Gasteiger partial charge in [-0.1, -0.05) is 19.4 Å². The van der Waals surface area contributed by atoms with Crippen LogP contribution in [-0.2, 0) is 17.6 Å². The molecule has 0 spiro atoms. The van der Waals surface area contributed by atoms with Crippen LogP contribution in [0.2, 0.25) is 0 Å². The van der Waals surface area contributed by atoms with Crippen LogP contribution in [0.3, 0.4) is 0 Å². The molecule has 0 fully saturated rings. The topological polar surface area (TPSA) is 34.1 Å². The van der Waals surface area contributed by atoms with Crippen LogP contribution in [0, 0.1) is 0 Å². The highest BCUT2D eigenvalue weighted by molar-refractivity contribution is 5.41. The van der Waals surface area contributed by atoms with Crippen molar-refractivity contribution in [3.05, 3.63) is 23.4 Å². The first kappa shape index (κ1) is 12.4. The molecule has 0 saturated heterocycles. The molecule has 1 aliphatic carbocycles. The number of methoxy groups -OCH3 is 1. The summed E-state index contributed by atoms with van der Waals surface area (Å²) in [4.78, 5) is 4.69. The minimum atomic E-state index is 0.372. The lowest BCUT2D eigenvalue weighted by Gasteiger charge is -2.18. The fourth-order valence-electron chi connectivity index (χ4n) is 2.46. The Balaban J connectivity index is 2.01. The zero-order valence-electron chi connectivity index (χ0n) is 10.8. The minimum Gasteiger partial charge on any atom is -0.383 e. The van der Waals surface area contributed by atoms with Crippen molar-refractivity contribution < 1.29 is 4.74 Å². The number of nitrogens with one attached hydrogen (secondary N) is 1. The molecular formula is C14H22N2O. The van der Waals surface area contributed by atoms with Crippen LogP contribution >= 0.6 is 0 Å². The number of nitrogens with zero attached hydrogens (tertiary/aromatic N) is 1. The standard InChI is InChI=1S/C14H22N2O/c1-3-5-12(10-17-2)15-14-9-8-11-6-4-7-13(11)16-14/h8-9,12H,3-7,10H2,1-2H3,(H,15,16). The van der Waals surface area contributed by atoms with E-state index in [9.17, 15) is 0 Å². The molecule has 0 amide bonds. The van der Waals surface area contributed by atoms with Gasteiger partial charge >= 0.3 is 0 Å². The van der Waals surface area contributed by atoms with Gasteiger partial charge in [0.1, 0.15) is 5.82 Å². The maximum absolute atomic E-state index is 5.23. The van der Waals surface area contributed by atoms with E-state index in [-0.39, 0.29) is 0 Å². The molecule has 1 atom stereocenters. The molecule has 1 aromatic rings. The molecular weight excluding hydrogens is 212 g/mol. The highest BCUT2D eigenvalue weighted by Gasteiger charge is 2.14. The summed E-state index contributed by atoms with van der Waals surface area (Å²) >= 11 is 0. The molecule has 2 rings (SSSR count). The molecule has 1 heterocycles. The Morgan fingerprint density at radius 1 is 1.41 bits per heavy atom. The SMILES string of the molecule is CCCC(COC)Nc1ccc2c(n1)CCC2. The van der Waals surface area contributed by atoms with E-state index < -0.39 is 0 Å². The molecule has 3 nitrogen and oxygen atoms in total. The smallest absolute Gasteiger partial charge is 0.126 e. The second-order valence-electron chi connectivity index (χ2n) is 4.74. The maximum Gasteiger partial charge on any atom is 0.126 e. The van der Waals surface area contributed by atoms with Crippen LogP contribution in [0.25, 0.3) is 0 Å². The first-order valence-corrected chi connectivity index (χ1v) is 6.57. The lowest BCUT2D eigenvalue weighted by Crippen LogP contribution is -2.25. The Morgan fingerprint density at radius 2 is 2.29 bits per heavy atom. The summed E-state index contributed by atoms with van der Waals surface area (Å²) in [6.45, 7) is 2.94. The summed E-state index contributed by atoms with van der Waals surface area (Å²) < 4.78 is 5.23.